The summed E-state index contributed by atoms with van der Waals surface area (Å²) in [5.74, 6) is 1.18. The Morgan fingerprint density at radius 1 is 1.06 bits per heavy atom. The summed E-state index contributed by atoms with van der Waals surface area (Å²) in [6.07, 6.45) is 3.74. The summed E-state index contributed by atoms with van der Waals surface area (Å²) in [4.78, 5) is 13.2. The number of halogens is 1. The number of nitrogens with one attached hydrogen (secondary N) is 2. The molecule has 3 aromatic carbocycles. The highest BCUT2D eigenvalue weighted by molar-refractivity contribution is 9.10. The first-order valence-corrected chi connectivity index (χ1v) is 11.8. The number of nitrogens with zero attached hydrogens (tertiary/aromatic N) is 2. The molecule has 0 saturated heterocycles. The third-order valence-electron chi connectivity index (χ3n) is 5.60. The second-order valence-electron chi connectivity index (χ2n) is 7.83. The molecule has 6 nitrogen and oxygen atoms in total. The lowest BCUT2D eigenvalue weighted by molar-refractivity contribution is 0.102. The molecule has 0 fully saturated rings. The van der Waals surface area contributed by atoms with Crippen LogP contribution in [0.3, 0.4) is 0 Å². The van der Waals surface area contributed by atoms with E-state index in [1.807, 2.05) is 78.3 Å². The molecule has 0 saturated carbocycles. The number of hydrogen-bond acceptors (Lipinski definition) is 4. The van der Waals surface area contributed by atoms with E-state index >= 15 is 0 Å². The van der Waals surface area contributed by atoms with E-state index in [1.54, 1.807) is 6.20 Å². The molecule has 1 aliphatic heterocycles. The molecule has 1 aliphatic rings. The predicted octanol–water partition coefficient (Wildman–Crippen LogP) is 6.35. The van der Waals surface area contributed by atoms with E-state index in [-0.39, 0.29) is 11.9 Å². The van der Waals surface area contributed by atoms with E-state index in [1.165, 1.54) is 0 Å². The standard InChI is InChI=1S/C27H23BrN4O2/c1-2-34-22-14-12-21(13-15-22)30-27(33)23-17-29-32-25(19-8-10-20(28)11-9-19)16-24(31-26(23)32)18-6-4-3-5-7-18/h3-17,25,31H,2H2,1H3,(H,30,33). The van der Waals surface area contributed by atoms with Crippen LogP contribution in [-0.4, -0.2) is 22.3 Å². The zero-order valence-corrected chi connectivity index (χ0v) is 20.1. The van der Waals surface area contributed by atoms with E-state index in [9.17, 15) is 4.79 Å². The third-order valence-corrected chi connectivity index (χ3v) is 6.13. The van der Waals surface area contributed by atoms with Gasteiger partial charge in [-0.3, -0.25) is 4.79 Å². The fraction of sp³-hybridized carbons (Fsp3) is 0.111. The lowest BCUT2D eigenvalue weighted by atomic mass is 10.0. The molecule has 34 heavy (non-hydrogen) atoms. The Bertz CT molecular complexity index is 1330. The Hall–Kier alpha value is -3.84. The van der Waals surface area contributed by atoms with E-state index in [4.69, 9.17) is 4.74 Å². The number of amides is 1. The van der Waals surface area contributed by atoms with Gasteiger partial charge in [-0.25, -0.2) is 4.68 Å². The number of anilines is 2. The number of allylic oxidation sites excluding steroid dienone is 1. The van der Waals surface area contributed by atoms with Crippen LogP contribution in [0.4, 0.5) is 11.5 Å². The number of rotatable bonds is 6. The minimum Gasteiger partial charge on any atom is -0.494 e. The lowest BCUT2D eigenvalue weighted by Gasteiger charge is -2.26. The summed E-state index contributed by atoms with van der Waals surface area (Å²) >= 11 is 3.51. The predicted molar refractivity (Wildman–Crippen MR) is 138 cm³/mol. The van der Waals surface area contributed by atoms with Crippen LogP contribution < -0.4 is 15.4 Å². The topological polar surface area (TPSA) is 68.2 Å². The molecule has 1 unspecified atom stereocenters. The molecule has 2 N–H and O–H groups in total. The Balaban J connectivity index is 1.49. The van der Waals surface area contributed by atoms with Crippen LogP contribution in [0, 0.1) is 0 Å². The van der Waals surface area contributed by atoms with Crippen molar-refractivity contribution in [1.82, 2.24) is 9.78 Å². The minimum atomic E-state index is -0.234. The molecule has 4 aromatic rings. The van der Waals surface area contributed by atoms with E-state index in [0.29, 0.717) is 23.7 Å². The Kier molecular flexibility index (Phi) is 6.18. The van der Waals surface area contributed by atoms with Gasteiger partial charge in [-0.05, 0) is 60.5 Å². The van der Waals surface area contributed by atoms with E-state index in [2.05, 4.69) is 49.9 Å². The van der Waals surface area contributed by atoms with Crippen molar-refractivity contribution in [2.45, 2.75) is 13.0 Å². The van der Waals surface area contributed by atoms with Crippen molar-refractivity contribution in [1.29, 1.82) is 0 Å². The first-order valence-electron chi connectivity index (χ1n) is 11.0. The quantitative estimate of drug-likeness (QED) is 0.314. The number of fused-ring (bicyclic) bond motifs is 1. The van der Waals surface area contributed by atoms with Gasteiger partial charge in [0.2, 0.25) is 0 Å². The van der Waals surface area contributed by atoms with Gasteiger partial charge in [-0.2, -0.15) is 5.10 Å². The Morgan fingerprint density at radius 3 is 2.50 bits per heavy atom. The van der Waals surface area contributed by atoms with Crippen molar-refractivity contribution in [3.05, 3.63) is 112 Å². The van der Waals surface area contributed by atoms with Crippen LogP contribution in [0.1, 0.15) is 34.5 Å². The number of hydrogen-bond donors (Lipinski definition) is 2. The van der Waals surface area contributed by atoms with E-state index in [0.717, 1.165) is 27.0 Å². The van der Waals surface area contributed by atoms with Gasteiger partial charge in [0.05, 0.1) is 18.8 Å². The van der Waals surface area contributed by atoms with Crippen LogP contribution >= 0.6 is 15.9 Å². The molecule has 5 rings (SSSR count). The van der Waals surface area contributed by atoms with Gasteiger partial charge in [0, 0.05) is 15.9 Å². The number of ether oxygens (including phenoxy) is 1. The third kappa shape index (κ3) is 4.47. The summed E-state index contributed by atoms with van der Waals surface area (Å²) in [5, 5.41) is 11.0. The average Bonchev–Trinajstić information content (AvgIpc) is 3.30. The fourth-order valence-electron chi connectivity index (χ4n) is 3.94. The highest BCUT2D eigenvalue weighted by atomic mass is 79.9. The van der Waals surface area contributed by atoms with Crippen LogP contribution in [0.5, 0.6) is 5.75 Å². The molecule has 2 heterocycles. The molecular formula is C27H23BrN4O2. The van der Waals surface area contributed by atoms with Crippen molar-refractivity contribution in [2.75, 3.05) is 17.2 Å². The maximum atomic E-state index is 13.2. The Morgan fingerprint density at radius 2 is 1.79 bits per heavy atom. The molecule has 0 radical (unpaired) electrons. The Labute approximate surface area is 206 Å². The molecule has 0 aliphatic carbocycles. The highest BCUT2D eigenvalue weighted by Crippen LogP contribution is 2.35. The van der Waals surface area contributed by atoms with Crippen LogP contribution in [0.15, 0.2) is 95.6 Å². The van der Waals surface area contributed by atoms with Crippen molar-refractivity contribution < 1.29 is 9.53 Å². The van der Waals surface area contributed by atoms with Crippen molar-refractivity contribution in [3.8, 4) is 5.75 Å². The van der Waals surface area contributed by atoms with Crippen molar-refractivity contribution in [2.24, 2.45) is 0 Å². The maximum absolute atomic E-state index is 13.2. The van der Waals surface area contributed by atoms with Gasteiger partial charge in [0.15, 0.2) is 0 Å². The van der Waals surface area contributed by atoms with E-state index < -0.39 is 0 Å². The molecular weight excluding hydrogens is 492 g/mol. The maximum Gasteiger partial charge on any atom is 0.261 e. The summed E-state index contributed by atoms with van der Waals surface area (Å²) in [6.45, 7) is 2.53. The number of carbonyl (C=O) groups is 1. The molecule has 170 valence electrons. The van der Waals surface area contributed by atoms with Crippen molar-refractivity contribution in [3.63, 3.8) is 0 Å². The molecule has 7 heteroatoms. The van der Waals surface area contributed by atoms with Gasteiger partial charge in [-0.15, -0.1) is 0 Å². The fourth-order valence-corrected chi connectivity index (χ4v) is 4.21. The van der Waals surface area contributed by atoms with Gasteiger partial charge in [0.1, 0.15) is 17.1 Å². The average molecular weight is 515 g/mol. The van der Waals surface area contributed by atoms with Gasteiger partial charge in [0.25, 0.3) is 5.91 Å². The monoisotopic (exact) mass is 514 g/mol. The smallest absolute Gasteiger partial charge is 0.261 e. The first kappa shape index (κ1) is 22.0. The highest BCUT2D eigenvalue weighted by Gasteiger charge is 2.27. The zero-order chi connectivity index (χ0) is 23.5. The number of benzene rings is 3. The van der Waals surface area contributed by atoms with Crippen LogP contribution in [0.2, 0.25) is 0 Å². The summed E-state index contributed by atoms with van der Waals surface area (Å²) in [6, 6.07) is 25.4. The zero-order valence-electron chi connectivity index (χ0n) is 18.5. The summed E-state index contributed by atoms with van der Waals surface area (Å²) < 4.78 is 8.34. The number of carbonyl (C=O) groups excluding carboxylic acids is 1. The summed E-state index contributed by atoms with van der Waals surface area (Å²) in [5.41, 5.74) is 4.19. The molecule has 1 atom stereocenters. The second-order valence-corrected chi connectivity index (χ2v) is 8.75. The molecule has 1 amide bonds. The first-order chi connectivity index (χ1) is 16.6. The molecule has 1 aromatic heterocycles. The number of aromatic nitrogens is 2. The van der Waals surface area contributed by atoms with Crippen LogP contribution in [-0.2, 0) is 0 Å². The molecule has 0 spiro atoms. The molecule has 0 bridgehead atoms. The van der Waals surface area contributed by atoms with Crippen molar-refractivity contribution >= 4 is 39.0 Å². The largest absolute Gasteiger partial charge is 0.494 e. The van der Waals surface area contributed by atoms with Crippen LogP contribution in [0.25, 0.3) is 5.70 Å². The second kappa shape index (κ2) is 9.57. The van der Waals surface area contributed by atoms with Gasteiger partial charge < -0.3 is 15.4 Å². The SMILES string of the molecule is CCOc1ccc(NC(=O)c2cnn3c2NC(c2ccccc2)=CC3c2ccc(Br)cc2)cc1. The normalized spacial score (nSPS) is 14.5. The van der Waals surface area contributed by atoms with Gasteiger partial charge in [-0.1, -0.05) is 58.4 Å². The van der Waals surface area contributed by atoms with Gasteiger partial charge >= 0.3 is 0 Å². The lowest BCUT2D eigenvalue weighted by Crippen LogP contribution is -2.22. The summed E-state index contributed by atoms with van der Waals surface area (Å²) in [7, 11) is 0. The minimum absolute atomic E-state index is 0.161.